The summed E-state index contributed by atoms with van der Waals surface area (Å²) in [6.07, 6.45) is 3.31. The number of carbonyl (C=O) groups is 1. The molecule has 23 heavy (non-hydrogen) atoms. The van der Waals surface area contributed by atoms with Gasteiger partial charge >= 0.3 is 0 Å². The number of nitrogens with zero attached hydrogens (tertiary/aromatic N) is 3. The minimum atomic E-state index is -0.217. The van der Waals surface area contributed by atoms with Gasteiger partial charge in [-0.2, -0.15) is 0 Å². The number of carbonyl (C=O) groups excluding carboxylic acids is 1. The summed E-state index contributed by atoms with van der Waals surface area (Å²) >= 11 is 1.56. The summed E-state index contributed by atoms with van der Waals surface area (Å²) in [5.74, 6) is -0.241. The molecule has 1 amide bonds. The molecule has 0 bridgehead atoms. The standard InChI is InChI=1S/C17H18FN3OS/c1-13-19-14(12-23-13)6-7-17(22)21-10-8-20(9-11-21)16-5-3-2-4-15(16)18/h2-7,12H,8-11H2,1H3/b7-6+. The molecule has 2 aromatic rings. The van der Waals surface area contributed by atoms with E-state index in [4.69, 9.17) is 0 Å². The number of hydrogen-bond acceptors (Lipinski definition) is 4. The highest BCUT2D eigenvalue weighted by atomic mass is 32.1. The van der Waals surface area contributed by atoms with Gasteiger partial charge in [-0.1, -0.05) is 12.1 Å². The van der Waals surface area contributed by atoms with Crippen LogP contribution in [0.15, 0.2) is 35.7 Å². The van der Waals surface area contributed by atoms with Crippen LogP contribution < -0.4 is 4.90 Å². The maximum absolute atomic E-state index is 13.8. The van der Waals surface area contributed by atoms with Gasteiger partial charge in [0.2, 0.25) is 5.91 Å². The van der Waals surface area contributed by atoms with Crippen LogP contribution in [0.4, 0.5) is 10.1 Å². The van der Waals surface area contributed by atoms with Crippen LogP contribution in [0.2, 0.25) is 0 Å². The zero-order chi connectivity index (χ0) is 16.2. The lowest BCUT2D eigenvalue weighted by atomic mass is 10.2. The minimum Gasteiger partial charge on any atom is -0.366 e. The number of amides is 1. The van der Waals surface area contributed by atoms with E-state index in [1.54, 1.807) is 40.5 Å². The smallest absolute Gasteiger partial charge is 0.246 e. The number of aryl methyl sites for hydroxylation is 1. The molecule has 0 unspecified atom stereocenters. The SMILES string of the molecule is Cc1nc(/C=C/C(=O)N2CCN(c3ccccc3F)CC2)cs1. The molecular weight excluding hydrogens is 313 g/mol. The molecule has 2 heterocycles. The van der Waals surface area contributed by atoms with Crippen molar-refractivity contribution in [1.82, 2.24) is 9.88 Å². The van der Waals surface area contributed by atoms with Crippen LogP contribution in [0.3, 0.4) is 0 Å². The fourth-order valence-electron chi connectivity index (χ4n) is 2.59. The number of anilines is 1. The molecule has 1 aromatic heterocycles. The number of aromatic nitrogens is 1. The van der Waals surface area contributed by atoms with Crippen LogP contribution >= 0.6 is 11.3 Å². The largest absolute Gasteiger partial charge is 0.366 e. The average Bonchev–Trinajstić information content (AvgIpc) is 2.99. The molecule has 0 N–H and O–H groups in total. The molecule has 1 saturated heterocycles. The van der Waals surface area contributed by atoms with Crippen LogP contribution in [-0.4, -0.2) is 42.0 Å². The predicted molar refractivity (Wildman–Crippen MR) is 91.1 cm³/mol. The molecule has 6 heteroatoms. The number of benzene rings is 1. The number of piperazine rings is 1. The average molecular weight is 331 g/mol. The molecule has 1 aliphatic rings. The van der Waals surface area contributed by atoms with Gasteiger partial charge in [0.25, 0.3) is 0 Å². The van der Waals surface area contributed by atoms with E-state index in [1.807, 2.05) is 23.3 Å². The van der Waals surface area contributed by atoms with Crippen molar-refractivity contribution < 1.29 is 9.18 Å². The van der Waals surface area contributed by atoms with Gasteiger partial charge in [0, 0.05) is 37.6 Å². The molecule has 120 valence electrons. The Morgan fingerprint density at radius 1 is 1.26 bits per heavy atom. The van der Waals surface area contributed by atoms with E-state index in [-0.39, 0.29) is 11.7 Å². The van der Waals surface area contributed by atoms with Crippen LogP contribution in [0, 0.1) is 12.7 Å². The van der Waals surface area contributed by atoms with Crippen molar-refractivity contribution in [2.45, 2.75) is 6.92 Å². The summed E-state index contributed by atoms with van der Waals surface area (Å²) in [6, 6.07) is 6.75. The summed E-state index contributed by atoms with van der Waals surface area (Å²) in [5, 5.41) is 2.91. The number of hydrogen-bond donors (Lipinski definition) is 0. The minimum absolute atomic E-state index is 0.0242. The second-order valence-electron chi connectivity index (χ2n) is 5.39. The molecule has 0 saturated carbocycles. The maximum atomic E-state index is 13.8. The third kappa shape index (κ3) is 3.76. The second kappa shape index (κ2) is 6.91. The first-order valence-electron chi connectivity index (χ1n) is 7.52. The summed E-state index contributed by atoms with van der Waals surface area (Å²) in [4.78, 5) is 20.3. The maximum Gasteiger partial charge on any atom is 0.246 e. The van der Waals surface area contributed by atoms with E-state index in [0.717, 1.165) is 10.7 Å². The highest BCUT2D eigenvalue weighted by Gasteiger charge is 2.21. The normalized spacial score (nSPS) is 15.4. The molecular formula is C17H18FN3OS. The first-order valence-corrected chi connectivity index (χ1v) is 8.40. The Balaban J connectivity index is 1.57. The van der Waals surface area contributed by atoms with Gasteiger partial charge in [0.1, 0.15) is 5.82 Å². The number of para-hydroxylation sites is 1. The van der Waals surface area contributed by atoms with Crippen LogP contribution in [0.25, 0.3) is 6.08 Å². The monoisotopic (exact) mass is 331 g/mol. The number of halogens is 1. The molecule has 0 atom stereocenters. The van der Waals surface area contributed by atoms with Crippen molar-refractivity contribution in [2.24, 2.45) is 0 Å². The third-order valence-corrected chi connectivity index (χ3v) is 4.61. The number of rotatable bonds is 3. The molecule has 1 aromatic carbocycles. The molecule has 4 nitrogen and oxygen atoms in total. The van der Waals surface area contributed by atoms with Crippen molar-refractivity contribution in [3.05, 3.63) is 52.2 Å². The van der Waals surface area contributed by atoms with E-state index in [9.17, 15) is 9.18 Å². The van der Waals surface area contributed by atoms with Gasteiger partial charge in [-0.15, -0.1) is 11.3 Å². The van der Waals surface area contributed by atoms with Crippen molar-refractivity contribution in [1.29, 1.82) is 0 Å². The van der Waals surface area contributed by atoms with Gasteiger partial charge < -0.3 is 9.80 Å². The highest BCUT2D eigenvalue weighted by Crippen LogP contribution is 2.20. The van der Waals surface area contributed by atoms with Crippen LogP contribution in [0.1, 0.15) is 10.7 Å². The summed E-state index contributed by atoms with van der Waals surface area (Å²) in [7, 11) is 0. The Hall–Kier alpha value is -2.21. The first kappa shape index (κ1) is 15.7. The Kier molecular flexibility index (Phi) is 4.71. The predicted octanol–water partition coefficient (Wildman–Crippen LogP) is 2.95. The zero-order valence-corrected chi connectivity index (χ0v) is 13.7. The lowest BCUT2D eigenvalue weighted by Crippen LogP contribution is -2.48. The van der Waals surface area contributed by atoms with Gasteiger partial charge in [-0.25, -0.2) is 9.37 Å². The van der Waals surface area contributed by atoms with Gasteiger partial charge in [0.05, 0.1) is 16.4 Å². The van der Waals surface area contributed by atoms with E-state index < -0.39 is 0 Å². The first-order chi connectivity index (χ1) is 11.1. The van der Waals surface area contributed by atoms with Crippen LogP contribution in [0.5, 0.6) is 0 Å². The van der Waals surface area contributed by atoms with Crippen LogP contribution in [-0.2, 0) is 4.79 Å². The summed E-state index contributed by atoms with van der Waals surface area (Å²) in [5.41, 5.74) is 1.42. The van der Waals surface area contributed by atoms with Gasteiger partial charge in [0.15, 0.2) is 0 Å². The molecule has 0 aliphatic carbocycles. The Morgan fingerprint density at radius 2 is 2.00 bits per heavy atom. The lowest BCUT2D eigenvalue weighted by molar-refractivity contribution is -0.126. The van der Waals surface area contributed by atoms with Crippen molar-refractivity contribution >= 4 is 29.0 Å². The zero-order valence-electron chi connectivity index (χ0n) is 12.9. The van der Waals surface area contributed by atoms with E-state index in [1.165, 1.54) is 6.07 Å². The highest BCUT2D eigenvalue weighted by molar-refractivity contribution is 7.09. The van der Waals surface area contributed by atoms with Gasteiger partial charge in [-0.3, -0.25) is 4.79 Å². The molecule has 1 aliphatic heterocycles. The molecule has 1 fully saturated rings. The molecule has 3 rings (SSSR count). The third-order valence-electron chi connectivity index (χ3n) is 3.82. The molecule has 0 radical (unpaired) electrons. The number of thiazole rings is 1. The van der Waals surface area contributed by atoms with Gasteiger partial charge in [-0.05, 0) is 25.1 Å². The fourth-order valence-corrected chi connectivity index (χ4v) is 3.18. The topological polar surface area (TPSA) is 36.4 Å². The molecule has 0 spiro atoms. The summed E-state index contributed by atoms with van der Waals surface area (Å²) < 4.78 is 13.8. The van der Waals surface area contributed by atoms with Crippen molar-refractivity contribution in [2.75, 3.05) is 31.1 Å². The Bertz CT molecular complexity index is 720. The quantitative estimate of drug-likeness (QED) is 0.812. The fraction of sp³-hybridized carbons (Fsp3) is 0.294. The van der Waals surface area contributed by atoms with E-state index in [2.05, 4.69) is 4.98 Å². The Morgan fingerprint density at radius 3 is 2.65 bits per heavy atom. The van der Waals surface area contributed by atoms with Crippen molar-refractivity contribution in [3.63, 3.8) is 0 Å². The summed E-state index contributed by atoms with van der Waals surface area (Å²) in [6.45, 7) is 4.39. The lowest BCUT2D eigenvalue weighted by Gasteiger charge is -2.35. The Labute approximate surface area is 138 Å². The van der Waals surface area contributed by atoms with E-state index in [0.29, 0.717) is 31.9 Å². The van der Waals surface area contributed by atoms with Crippen molar-refractivity contribution in [3.8, 4) is 0 Å². The van der Waals surface area contributed by atoms with E-state index >= 15 is 0 Å². The second-order valence-corrected chi connectivity index (χ2v) is 6.45.